The summed E-state index contributed by atoms with van der Waals surface area (Å²) in [5, 5.41) is 17.9. The van der Waals surface area contributed by atoms with Crippen molar-refractivity contribution in [3.05, 3.63) is 56.4 Å². The molecule has 0 amide bonds. The van der Waals surface area contributed by atoms with Crippen molar-refractivity contribution in [2.24, 2.45) is 0 Å². The number of benzene rings is 1. The standard InChI is InChI=1S/C16H15N7OS2/c1-9-5-4-6-10(2)14(9)23-16(18-20-21-23)25-8-12-19-22-13(24)7-11(3)17-15(22)26-12/h4-7H,8H2,1-3H3. The highest BCUT2D eigenvalue weighted by Crippen LogP contribution is 2.26. The fraction of sp³-hybridized carbons (Fsp3) is 0.250. The fourth-order valence-electron chi connectivity index (χ4n) is 2.69. The Labute approximate surface area is 156 Å². The molecule has 0 N–H and O–H groups in total. The van der Waals surface area contributed by atoms with Crippen molar-refractivity contribution >= 4 is 28.1 Å². The Morgan fingerprint density at radius 2 is 1.96 bits per heavy atom. The molecule has 0 unspecified atom stereocenters. The highest BCUT2D eigenvalue weighted by molar-refractivity contribution is 7.98. The second-order valence-electron chi connectivity index (χ2n) is 5.83. The predicted molar refractivity (Wildman–Crippen MR) is 100 cm³/mol. The molecular formula is C16H15N7OS2. The van der Waals surface area contributed by atoms with Gasteiger partial charge in [0.05, 0.1) is 11.4 Å². The van der Waals surface area contributed by atoms with Gasteiger partial charge in [-0.2, -0.15) is 14.3 Å². The number of hydrogen-bond acceptors (Lipinski definition) is 8. The summed E-state index contributed by atoms with van der Waals surface area (Å²) in [7, 11) is 0. The minimum Gasteiger partial charge on any atom is -0.267 e. The third-order valence-electron chi connectivity index (χ3n) is 3.83. The zero-order valence-electron chi connectivity index (χ0n) is 14.4. The van der Waals surface area contributed by atoms with Crippen molar-refractivity contribution in [1.29, 1.82) is 0 Å². The highest BCUT2D eigenvalue weighted by atomic mass is 32.2. The van der Waals surface area contributed by atoms with E-state index in [1.165, 1.54) is 33.7 Å². The molecule has 0 fully saturated rings. The quantitative estimate of drug-likeness (QED) is 0.498. The first-order valence-corrected chi connectivity index (χ1v) is 9.67. The summed E-state index contributed by atoms with van der Waals surface area (Å²) in [5.41, 5.74) is 3.71. The summed E-state index contributed by atoms with van der Waals surface area (Å²) in [4.78, 5) is 16.9. The smallest absolute Gasteiger partial charge is 0.267 e. The highest BCUT2D eigenvalue weighted by Gasteiger charge is 2.15. The summed E-state index contributed by atoms with van der Waals surface area (Å²) in [6.07, 6.45) is 0. The molecule has 0 aliphatic carbocycles. The normalized spacial score (nSPS) is 11.3. The largest absolute Gasteiger partial charge is 0.275 e. The topological polar surface area (TPSA) is 90.9 Å². The van der Waals surface area contributed by atoms with Crippen LogP contribution in [0.5, 0.6) is 0 Å². The van der Waals surface area contributed by atoms with Gasteiger partial charge in [0.25, 0.3) is 5.56 Å². The number of rotatable bonds is 4. The van der Waals surface area contributed by atoms with E-state index in [4.69, 9.17) is 0 Å². The number of thioether (sulfide) groups is 1. The molecule has 0 spiro atoms. The Balaban J connectivity index is 1.63. The molecule has 1 aromatic carbocycles. The summed E-state index contributed by atoms with van der Waals surface area (Å²) in [6, 6.07) is 7.56. The number of nitrogens with zero attached hydrogens (tertiary/aromatic N) is 7. The monoisotopic (exact) mass is 385 g/mol. The molecule has 0 aliphatic rings. The van der Waals surface area contributed by atoms with Gasteiger partial charge in [-0.3, -0.25) is 4.79 Å². The maximum Gasteiger partial charge on any atom is 0.275 e. The average molecular weight is 385 g/mol. The molecule has 0 saturated heterocycles. The molecular weight excluding hydrogens is 370 g/mol. The van der Waals surface area contributed by atoms with Crippen LogP contribution in [0.15, 0.2) is 34.2 Å². The van der Waals surface area contributed by atoms with Gasteiger partial charge in [-0.15, -0.1) is 5.10 Å². The van der Waals surface area contributed by atoms with Crippen LogP contribution in [0.1, 0.15) is 21.8 Å². The zero-order valence-corrected chi connectivity index (χ0v) is 16.0. The van der Waals surface area contributed by atoms with Crippen molar-refractivity contribution in [3.8, 4) is 5.69 Å². The third kappa shape index (κ3) is 3.01. The lowest BCUT2D eigenvalue weighted by atomic mass is 10.1. The van der Waals surface area contributed by atoms with E-state index in [0.29, 0.717) is 21.6 Å². The van der Waals surface area contributed by atoms with Gasteiger partial charge >= 0.3 is 0 Å². The van der Waals surface area contributed by atoms with Gasteiger partial charge in [0, 0.05) is 11.8 Å². The van der Waals surface area contributed by atoms with Crippen LogP contribution in [0, 0.1) is 20.8 Å². The predicted octanol–water partition coefficient (Wildman–Crippen LogP) is 2.34. The van der Waals surface area contributed by atoms with Crippen LogP contribution in [0.3, 0.4) is 0 Å². The molecule has 3 heterocycles. The fourth-order valence-corrected chi connectivity index (χ4v) is 4.50. The molecule has 0 radical (unpaired) electrons. The Morgan fingerprint density at radius 3 is 2.73 bits per heavy atom. The van der Waals surface area contributed by atoms with Gasteiger partial charge in [-0.25, -0.2) is 4.98 Å². The summed E-state index contributed by atoms with van der Waals surface area (Å²) in [6.45, 7) is 5.87. The molecule has 0 saturated carbocycles. The van der Waals surface area contributed by atoms with E-state index in [0.717, 1.165) is 21.8 Å². The molecule has 0 aliphatic heterocycles. The lowest BCUT2D eigenvalue weighted by molar-refractivity contribution is 0.747. The van der Waals surface area contributed by atoms with Crippen LogP contribution in [0.4, 0.5) is 0 Å². The van der Waals surface area contributed by atoms with E-state index in [-0.39, 0.29) is 5.56 Å². The number of fused-ring (bicyclic) bond motifs is 1. The van der Waals surface area contributed by atoms with E-state index >= 15 is 0 Å². The summed E-state index contributed by atoms with van der Waals surface area (Å²) < 4.78 is 3.08. The van der Waals surface area contributed by atoms with Crippen LogP contribution < -0.4 is 5.56 Å². The van der Waals surface area contributed by atoms with Gasteiger partial charge in [0.15, 0.2) is 0 Å². The number of aryl methyl sites for hydroxylation is 3. The van der Waals surface area contributed by atoms with Crippen molar-refractivity contribution < 1.29 is 0 Å². The molecule has 8 nitrogen and oxygen atoms in total. The second-order valence-corrected chi connectivity index (χ2v) is 7.81. The summed E-state index contributed by atoms with van der Waals surface area (Å²) in [5.74, 6) is 0.553. The van der Waals surface area contributed by atoms with E-state index < -0.39 is 0 Å². The minimum absolute atomic E-state index is 0.166. The lowest BCUT2D eigenvalue weighted by Gasteiger charge is -2.10. The van der Waals surface area contributed by atoms with Crippen LogP contribution in [0.2, 0.25) is 0 Å². The molecule has 4 aromatic rings. The van der Waals surface area contributed by atoms with E-state index in [1.54, 1.807) is 11.6 Å². The van der Waals surface area contributed by atoms with Crippen LogP contribution in [0.25, 0.3) is 10.6 Å². The Hall–Kier alpha value is -2.59. The van der Waals surface area contributed by atoms with Crippen LogP contribution >= 0.6 is 23.1 Å². The molecule has 0 bridgehead atoms. The first-order valence-electron chi connectivity index (χ1n) is 7.87. The van der Waals surface area contributed by atoms with Crippen molar-refractivity contribution in [2.45, 2.75) is 31.7 Å². The van der Waals surface area contributed by atoms with E-state index in [2.05, 4.69) is 25.6 Å². The van der Waals surface area contributed by atoms with E-state index in [9.17, 15) is 4.79 Å². The second kappa shape index (κ2) is 6.61. The van der Waals surface area contributed by atoms with Gasteiger partial charge in [-0.1, -0.05) is 41.3 Å². The average Bonchev–Trinajstić information content (AvgIpc) is 3.19. The first-order chi connectivity index (χ1) is 12.5. The van der Waals surface area contributed by atoms with Crippen LogP contribution in [-0.4, -0.2) is 34.8 Å². The first kappa shape index (κ1) is 16.9. The van der Waals surface area contributed by atoms with Crippen molar-refractivity contribution in [1.82, 2.24) is 34.8 Å². The van der Waals surface area contributed by atoms with Gasteiger partial charge in [0.2, 0.25) is 10.1 Å². The molecule has 10 heteroatoms. The summed E-state index contributed by atoms with van der Waals surface area (Å²) >= 11 is 2.87. The molecule has 0 atom stereocenters. The van der Waals surface area contributed by atoms with Gasteiger partial charge in [-0.05, 0) is 42.3 Å². The minimum atomic E-state index is -0.166. The maximum atomic E-state index is 12.0. The number of aromatic nitrogens is 7. The van der Waals surface area contributed by atoms with Gasteiger partial charge < -0.3 is 0 Å². The SMILES string of the molecule is Cc1cc(=O)n2nc(CSc3nnnn3-c3c(C)cccc3C)sc2n1. The van der Waals surface area contributed by atoms with Crippen molar-refractivity contribution in [3.63, 3.8) is 0 Å². The zero-order chi connectivity index (χ0) is 18.3. The van der Waals surface area contributed by atoms with Crippen LogP contribution in [-0.2, 0) is 5.75 Å². The molecule has 26 heavy (non-hydrogen) atoms. The Bertz CT molecular complexity index is 1140. The molecule has 3 aromatic heterocycles. The van der Waals surface area contributed by atoms with Crippen molar-refractivity contribution in [2.75, 3.05) is 0 Å². The Morgan fingerprint density at radius 1 is 1.19 bits per heavy atom. The molecule has 132 valence electrons. The Kier molecular flexibility index (Phi) is 4.29. The number of hydrogen-bond donors (Lipinski definition) is 0. The maximum absolute atomic E-state index is 12.0. The number of para-hydroxylation sites is 1. The van der Waals surface area contributed by atoms with Gasteiger partial charge in [0.1, 0.15) is 5.01 Å². The third-order valence-corrected chi connectivity index (χ3v) is 5.85. The molecule has 4 rings (SSSR count). The number of tetrazole rings is 1. The van der Waals surface area contributed by atoms with E-state index in [1.807, 2.05) is 32.0 Å². The lowest BCUT2D eigenvalue weighted by Crippen LogP contribution is -2.14.